The van der Waals surface area contributed by atoms with E-state index in [1.807, 2.05) is 0 Å². The molecule has 1 atom stereocenters. The van der Waals surface area contributed by atoms with Crippen LogP contribution in [0.1, 0.15) is 18.2 Å². The highest BCUT2D eigenvalue weighted by molar-refractivity contribution is 7.89. The van der Waals surface area contributed by atoms with Crippen molar-refractivity contribution in [3.05, 3.63) is 35.4 Å². The van der Waals surface area contributed by atoms with Crippen molar-refractivity contribution in [1.29, 1.82) is 0 Å². The van der Waals surface area contributed by atoms with Gasteiger partial charge in [-0.05, 0) is 24.6 Å². The predicted molar refractivity (Wildman–Crippen MR) is 78.4 cm³/mol. The fraction of sp³-hybridized carbons (Fsp3) is 0.385. The SMILES string of the molecule is COc1ccc(Cl)cc1S(=O)(=O)N1CC[C@H](c2ncon2)C1. The van der Waals surface area contributed by atoms with Crippen LogP contribution < -0.4 is 4.74 Å². The Bertz CT molecular complexity index is 764. The third kappa shape index (κ3) is 2.69. The van der Waals surface area contributed by atoms with Crippen LogP contribution in [0, 0.1) is 0 Å². The van der Waals surface area contributed by atoms with Crippen LogP contribution in [0.25, 0.3) is 0 Å². The van der Waals surface area contributed by atoms with Crippen LogP contribution in [0.15, 0.2) is 34.0 Å². The first kappa shape index (κ1) is 15.3. The standard InChI is InChI=1S/C13H14ClN3O4S/c1-20-11-3-2-10(14)6-12(11)22(18,19)17-5-4-9(7-17)13-15-8-21-16-13/h2-3,6,8-9H,4-5,7H2,1H3/t9-/m0/s1. The number of nitrogens with zero attached hydrogens (tertiary/aromatic N) is 3. The molecule has 0 bridgehead atoms. The van der Waals surface area contributed by atoms with E-state index in [1.54, 1.807) is 12.1 Å². The molecule has 118 valence electrons. The third-order valence-electron chi connectivity index (χ3n) is 3.64. The summed E-state index contributed by atoms with van der Waals surface area (Å²) < 4.78 is 36.9. The zero-order valence-corrected chi connectivity index (χ0v) is 13.3. The van der Waals surface area contributed by atoms with Crippen LogP contribution >= 0.6 is 11.6 Å². The van der Waals surface area contributed by atoms with Crippen LogP contribution in [-0.4, -0.2) is 43.1 Å². The van der Waals surface area contributed by atoms with Gasteiger partial charge in [0.25, 0.3) is 0 Å². The number of benzene rings is 1. The maximum atomic E-state index is 12.8. The minimum Gasteiger partial charge on any atom is -0.495 e. The molecule has 22 heavy (non-hydrogen) atoms. The van der Waals surface area contributed by atoms with Gasteiger partial charge in [0.05, 0.1) is 7.11 Å². The molecule has 2 heterocycles. The van der Waals surface area contributed by atoms with Crippen LogP contribution in [0.3, 0.4) is 0 Å². The van der Waals surface area contributed by atoms with Crippen molar-refractivity contribution in [2.45, 2.75) is 17.2 Å². The molecule has 1 aliphatic rings. The van der Waals surface area contributed by atoms with Crippen molar-refractivity contribution in [2.75, 3.05) is 20.2 Å². The van der Waals surface area contributed by atoms with Crippen molar-refractivity contribution >= 4 is 21.6 Å². The molecule has 1 aromatic heterocycles. The Morgan fingerprint density at radius 2 is 2.27 bits per heavy atom. The molecule has 2 aromatic rings. The molecule has 1 aromatic carbocycles. The van der Waals surface area contributed by atoms with Crippen molar-refractivity contribution < 1.29 is 17.7 Å². The zero-order chi connectivity index (χ0) is 15.7. The van der Waals surface area contributed by atoms with Gasteiger partial charge in [-0.2, -0.15) is 9.29 Å². The van der Waals surface area contributed by atoms with E-state index in [-0.39, 0.29) is 16.6 Å². The molecule has 9 heteroatoms. The number of sulfonamides is 1. The summed E-state index contributed by atoms with van der Waals surface area (Å²) in [7, 11) is -2.27. The summed E-state index contributed by atoms with van der Waals surface area (Å²) in [6.07, 6.45) is 1.88. The van der Waals surface area contributed by atoms with E-state index in [9.17, 15) is 8.42 Å². The highest BCUT2D eigenvalue weighted by Gasteiger charge is 2.36. The zero-order valence-electron chi connectivity index (χ0n) is 11.8. The average molecular weight is 344 g/mol. The highest BCUT2D eigenvalue weighted by Crippen LogP contribution is 2.34. The molecule has 1 fully saturated rings. The fourth-order valence-electron chi connectivity index (χ4n) is 2.51. The summed E-state index contributed by atoms with van der Waals surface area (Å²) in [4.78, 5) is 4.06. The van der Waals surface area contributed by atoms with Gasteiger partial charge in [0.15, 0.2) is 5.82 Å². The van der Waals surface area contributed by atoms with Gasteiger partial charge in [0.1, 0.15) is 10.6 Å². The highest BCUT2D eigenvalue weighted by atomic mass is 35.5. The topological polar surface area (TPSA) is 85.5 Å². The minimum atomic E-state index is -3.69. The molecule has 0 amide bonds. The maximum Gasteiger partial charge on any atom is 0.246 e. The fourth-order valence-corrected chi connectivity index (χ4v) is 4.43. The van der Waals surface area contributed by atoms with Gasteiger partial charge >= 0.3 is 0 Å². The lowest BCUT2D eigenvalue weighted by molar-refractivity contribution is 0.396. The maximum absolute atomic E-state index is 12.8. The Balaban J connectivity index is 1.90. The number of aromatic nitrogens is 2. The Morgan fingerprint density at radius 3 is 2.95 bits per heavy atom. The van der Waals surface area contributed by atoms with Crippen molar-refractivity contribution in [2.24, 2.45) is 0 Å². The quantitative estimate of drug-likeness (QED) is 0.843. The number of ether oxygens (including phenoxy) is 1. The van der Waals surface area contributed by atoms with Gasteiger partial charge in [-0.25, -0.2) is 8.42 Å². The minimum absolute atomic E-state index is 0.0660. The van der Waals surface area contributed by atoms with Crippen LogP contribution in [0.4, 0.5) is 0 Å². The van der Waals surface area contributed by atoms with E-state index in [4.69, 9.17) is 20.9 Å². The number of hydrogen-bond acceptors (Lipinski definition) is 6. The number of hydrogen-bond donors (Lipinski definition) is 0. The van der Waals surface area contributed by atoms with E-state index in [1.165, 1.54) is 23.9 Å². The molecule has 0 unspecified atom stereocenters. The van der Waals surface area contributed by atoms with Gasteiger partial charge in [0, 0.05) is 24.0 Å². The van der Waals surface area contributed by atoms with Gasteiger partial charge in [-0.15, -0.1) is 0 Å². The Labute approximate surface area is 132 Å². The van der Waals surface area contributed by atoms with Crippen molar-refractivity contribution in [3.63, 3.8) is 0 Å². The first-order valence-electron chi connectivity index (χ1n) is 6.62. The van der Waals surface area contributed by atoms with E-state index in [0.717, 1.165) is 0 Å². The van der Waals surface area contributed by atoms with Gasteiger partial charge in [-0.3, -0.25) is 0 Å². The predicted octanol–water partition coefficient (Wildman–Crippen LogP) is 1.91. The molecule has 0 saturated carbocycles. The summed E-state index contributed by atoms with van der Waals surface area (Å²) in [5.74, 6) is 0.724. The molecule has 0 N–H and O–H groups in total. The number of methoxy groups -OCH3 is 1. The van der Waals surface area contributed by atoms with Crippen LogP contribution in [0.2, 0.25) is 5.02 Å². The monoisotopic (exact) mass is 343 g/mol. The van der Waals surface area contributed by atoms with Crippen LogP contribution in [0.5, 0.6) is 5.75 Å². The lowest BCUT2D eigenvalue weighted by atomic mass is 10.1. The Hall–Kier alpha value is -1.64. The number of rotatable bonds is 4. The average Bonchev–Trinajstić information content (AvgIpc) is 3.18. The normalized spacial score (nSPS) is 19.5. The second kappa shape index (κ2) is 5.86. The lowest BCUT2D eigenvalue weighted by Gasteiger charge is -2.18. The molecule has 0 radical (unpaired) electrons. The molecule has 3 rings (SSSR count). The summed E-state index contributed by atoms with van der Waals surface area (Å²) in [5, 5.41) is 4.12. The van der Waals surface area contributed by atoms with Gasteiger partial charge < -0.3 is 9.26 Å². The number of halogens is 1. The van der Waals surface area contributed by atoms with Crippen molar-refractivity contribution in [3.8, 4) is 5.75 Å². The second-order valence-corrected chi connectivity index (χ2v) is 7.28. The first-order chi connectivity index (χ1) is 10.5. The summed E-state index contributed by atoms with van der Waals surface area (Å²) in [5.41, 5.74) is 0. The first-order valence-corrected chi connectivity index (χ1v) is 8.44. The molecule has 1 aliphatic heterocycles. The summed E-state index contributed by atoms with van der Waals surface area (Å²) in [6.45, 7) is 0.689. The Kier molecular flexibility index (Phi) is 4.07. The summed E-state index contributed by atoms with van der Waals surface area (Å²) in [6, 6.07) is 4.53. The second-order valence-electron chi connectivity index (χ2n) is 4.93. The largest absolute Gasteiger partial charge is 0.495 e. The molecular formula is C13H14ClN3O4S. The Morgan fingerprint density at radius 1 is 1.45 bits per heavy atom. The lowest BCUT2D eigenvalue weighted by Crippen LogP contribution is -2.29. The van der Waals surface area contributed by atoms with Crippen LogP contribution in [-0.2, 0) is 10.0 Å². The smallest absolute Gasteiger partial charge is 0.246 e. The molecular weight excluding hydrogens is 330 g/mol. The van der Waals surface area contributed by atoms with E-state index in [2.05, 4.69) is 10.1 Å². The molecule has 7 nitrogen and oxygen atoms in total. The van der Waals surface area contributed by atoms with Gasteiger partial charge in [0.2, 0.25) is 16.4 Å². The molecule has 0 spiro atoms. The molecule has 1 saturated heterocycles. The van der Waals surface area contributed by atoms with E-state index in [0.29, 0.717) is 30.4 Å². The van der Waals surface area contributed by atoms with E-state index >= 15 is 0 Å². The van der Waals surface area contributed by atoms with Crippen molar-refractivity contribution in [1.82, 2.24) is 14.4 Å². The summed E-state index contributed by atoms with van der Waals surface area (Å²) >= 11 is 5.93. The van der Waals surface area contributed by atoms with E-state index < -0.39 is 10.0 Å². The molecule has 0 aliphatic carbocycles. The third-order valence-corrected chi connectivity index (χ3v) is 5.76. The van der Waals surface area contributed by atoms with Gasteiger partial charge in [-0.1, -0.05) is 16.8 Å².